The van der Waals surface area contributed by atoms with Gasteiger partial charge in [-0.2, -0.15) is 0 Å². The van der Waals surface area contributed by atoms with Crippen LogP contribution >= 0.6 is 0 Å². The lowest BCUT2D eigenvalue weighted by Crippen LogP contribution is -1.84. The first kappa shape index (κ1) is 15.7. The summed E-state index contributed by atoms with van der Waals surface area (Å²) in [7, 11) is 0. The fourth-order valence-electron chi connectivity index (χ4n) is 2.13. The third-order valence-electron chi connectivity index (χ3n) is 3.35. The standard InChI is InChI=1S/C17H18N4O/c1-11-7-5-8-12(2)15(11)18-20-17(22)21-19-16-13(3)9-6-10-14(16)4/h5-10H,1-4H3. The Bertz CT molecular complexity index is 659. The molecule has 0 atom stereocenters. The monoisotopic (exact) mass is 294 g/mol. The van der Waals surface area contributed by atoms with Crippen LogP contribution in [0.25, 0.3) is 0 Å². The average Bonchev–Trinajstić information content (AvgIpc) is 2.46. The predicted octanol–water partition coefficient (Wildman–Crippen LogP) is 5.91. The van der Waals surface area contributed by atoms with Gasteiger partial charge in [-0.1, -0.05) is 46.6 Å². The van der Waals surface area contributed by atoms with Gasteiger partial charge in [-0.25, -0.2) is 4.79 Å². The molecule has 2 aromatic carbocycles. The zero-order valence-electron chi connectivity index (χ0n) is 13.2. The molecule has 0 spiro atoms. The highest BCUT2D eigenvalue weighted by atomic mass is 16.2. The Kier molecular flexibility index (Phi) is 4.88. The quantitative estimate of drug-likeness (QED) is 0.635. The number of hydrogen-bond donors (Lipinski definition) is 0. The van der Waals surface area contributed by atoms with Crippen molar-refractivity contribution in [2.45, 2.75) is 27.7 Å². The van der Waals surface area contributed by atoms with Crippen molar-refractivity contribution in [3.05, 3.63) is 58.7 Å². The summed E-state index contributed by atoms with van der Waals surface area (Å²) in [5.74, 6) is 0. The molecule has 0 fully saturated rings. The number of carbonyl (C=O) groups is 1. The number of nitrogens with zero attached hydrogens (tertiary/aromatic N) is 4. The van der Waals surface area contributed by atoms with Gasteiger partial charge in [0.2, 0.25) is 0 Å². The van der Waals surface area contributed by atoms with Crippen molar-refractivity contribution in [1.82, 2.24) is 0 Å². The number of carbonyl (C=O) groups excluding carboxylic acids is 1. The Labute approximate surface area is 129 Å². The topological polar surface area (TPSA) is 66.5 Å². The number of rotatable bonds is 2. The first-order chi connectivity index (χ1) is 10.5. The van der Waals surface area contributed by atoms with E-state index in [0.29, 0.717) is 11.4 Å². The number of amides is 2. The lowest BCUT2D eigenvalue weighted by Gasteiger charge is -2.02. The van der Waals surface area contributed by atoms with Gasteiger partial charge in [0.1, 0.15) is 0 Å². The molecule has 0 saturated carbocycles. The van der Waals surface area contributed by atoms with Crippen molar-refractivity contribution in [1.29, 1.82) is 0 Å². The molecule has 0 saturated heterocycles. The Balaban J connectivity index is 2.17. The largest absolute Gasteiger partial charge is 0.404 e. The number of urea groups is 1. The average molecular weight is 294 g/mol. The number of hydrogen-bond acceptors (Lipinski definition) is 3. The minimum Gasteiger partial charge on any atom is -0.240 e. The summed E-state index contributed by atoms with van der Waals surface area (Å²) in [6.45, 7) is 7.68. The number of aryl methyl sites for hydroxylation is 4. The third-order valence-corrected chi connectivity index (χ3v) is 3.35. The summed E-state index contributed by atoms with van der Waals surface area (Å²) in [5, 5.41) is 15.2. The number of azo groups is 2. The normalized spacial score (nSPS) is 11.5. The van der Waals surface area contributed by atoms with E-state index in [-0.39, 0.29) is 0 Å². The first-order valence-electron chi connectivity index (χ1n) is 6.99. The summed E-state index contributed by atoms with van der Waals surface area (Å²) >= 11 is 0. The van der Waals surface area contributed by atoms with Crippen LogP contribution in [0.5, 0.6) is 0 Å². The fourth-order valence-corrected chi connectivity index (χ4v) is 2.13. The molecule has 0 bridgehead atoms. The van der Waals surface area contributed by atoms with Gasteiger partial charge < -0.3 is 0 Å². The van der Waals surface area contributed by atoms with Gasteiger partial charge in [-0.15, -0.1) is 10.2 Å². The van der Waals surface area contributed by atoms with E-state index in [1.807, 2.05) is 64.1 Å². The SMILES string of the molecule is Cc1cccc(C)c1N=NC(=O)N=Nc1c(C)cccc1C. The zero-order valence-corrected chi connectivity index (χ0v) is 13.2. The van der Waals surface area contributed by atoms with Crippen LogP contribution in [0.15, 0.2) is 56.9 Å². The van der Waals surface area contributed by atoms with Gasteiger partial charge in [0, 0.05) is 0 Å². The molecule has 0 unspecified atom stereocenters. The van der Waals surface area contributed by atoms with Crippen LogP contribution in [-0.2, 0) is 0 Å². The first-order valence-corrected chi connectivity index (χ1v) is 6.99. The van der Waals surface area contributed by atoms with Gasteiger partial charge in [-0.05, 0) is 49.9 Å². The van der Waals surface area contributed by atoms with Crippen molar-refractivity contribution in [3.63, 3.8) is 0 Å². The summed E-state index contributed by atoms with van der Waals surface area (Å²) in [6.07, 6.45) is 0. The summed E-state index contributed by atoms with van der Waals surface area (Å²) in [6, 6.07) is 10.8. The number of benzene rings is 2. The van der Waals surface area contributed by atoms with Gasteiger partial charge in [0.25, 0.3) is 0 Å². The molecule has 0 N–H and O–H groups in total. The van der Waals surface area contributed by atoms with E-state index in [4.69, 9.17) is 0 Å². The van der Waals surface area contributed by atoms with Crippen LogP contribution in [0.1, 0.15) is 22.3 Å². The van der Waals surface area contributed by atoms with E-state index in [2.05, 4.69) is 20.5 Å². The molecular weight excluding hydrogens is 276 g/mol. The molecule has 5 nitrogen and oxygen atoms in total. The molecular formula is C17H18N4O. The van der Waals surface area contributed by atoms with Crippen LogP contribution in [0.4, 0.5) is 16.2 Å². The van der Waals surface area contributed by atoms with Crippen LogP contribution in [0, 0.1) is 27.7 Å². The third kappa shape index (κ3) is 3.69. The van der Waals surface area contributed by atoms with Crippen molar-refractivity contribution < 1.29 is 4.79 Å². The summed E-state index contributed by atoms with van der Waals surface area (Å²) in [5.41, 5.74) is 5.23. The molecule has 0 aromatic heterocycles. The maximum Gasteiger partial charge on any atom is 0.404 e. The molecule has 2 amide bonds. The molecule has 0 aliphatic heterocycles. The molecule has 2 rings (SSSR count). The molecule has 0 aliphatic carbocycles. The van der Waals surface area contributed by atoms with Gasteiger partial charge in [-0.3, -0.25) is 0 Å². The second kappa shape index (κ2) is 6.85. The smallest absolute Gasteiger partial charge is 0.240 e. The van der Waals surface area contributed by atoms with E-state index < -0.39 is 6.03 Å². The van der Waals surface area contributed by atoms with Gasteiger partial charge >= 0.3 is 6.03 Å². The van der Waals surface area contributed by atoms with Crippen molar-refractivity contribution in [2.75, 3.05) is 0 Å². The van der Waals surface area contributed by atoms with Crippen molar-refractivity contribution >= 4 is 17.4 Å². The summed E-state index contributed by atoms with van der Waals surface area (Å²) in [4.78, 5) is 11.7. The highest BCUT2D eigenvalue weighted by Gasteiger charge is 2.03. The predicted molar refractivity (Wildman–Crippen MR) is 86.3 cm³/mol. The van der Waals surface area contributed by atoms with Crippen LogP contribution in [-0.4, -0.2) is 6.03 Å². The lowest BCUT2D eigenvalue weighted by molar-refractivity contribution is 0.254. The Morgan fingerprint density at radius 2 is 1.00 bits per heavy atom. The van der Waals surface area contributed by atoms with Crippen LogP contribution < -0.4 is 0 Å². The van der Waals surface area contributed by atoms with Gasteiger partial charge in [0.05, 0.1) is 11.4 Å². The second-order valence-electron chi connectivity index (χ2n) is 5.16. The fraction of sp³-hybridized carbons (Fsp3) is 0.235. The Morgan fingerprint density at radius 1 is 0.682 bits per heavy atom. The molecule has 0 heterocycles. The molecule has 2 aromatic rings. The van der Waals surface area contributed by atoms with E-state index in [0.717, 1.165) is 22.3 Å². The van der Waals surface area contributed by atoms with Crippen molar-refractivity contribution in [2.24, 2.45) is 20.5 Å². The maximum absolute atomic E-state index is 11.7. The van der Waals surface area contributed by atoms with E-state index in [1.165, 1.54) is 0 Å². The molecule has 5 heteroatoms. The summed E-state index contributed by atoms with van der Waals surface area (Å²) < 4.78 is 0. The maximum atomic E-state index is 11.7. The highest BCUT2D eigenvalue weighted by molar-refractivity contribution is 5.75. The lowest BCUT2D eigenvalue weighted by atomic mass is 10.1. The van der Waals surface area contributed by atoms with Crippen molar-refractivity contribution in [3.8, 4) is 0 Å². The van der Waals surface area contributed by atoms with Crippen LogP contribution in [0.2, 0.25) is 0 Å². The zero-order chi connectivity index (χ0) is 16.1. The minimum atomic E-state index is -0.717. The van der Waals surface area contributed by atoms with Gasteiger partial charge in [0.15, 0.2) is 0 Å². The molecule has 22 heavy (non-hydrogen) atoms. The van der Waals surface area contributed by atoms with E-state index in [9.17, 15) is 4.79 Å². The minimum absolute atomic E-state index is 0.693. The Hall–Kier alpha value is -2.69. The Morgan fingerprint density at radius 3 is 1.32 bits per heavy atom. The van der Waals surface area contributed by atoms with E-state index >= 15 is 0 Å². The second-order valence-corrected chi connectivity index (χ2v) is 5.16. The van der Waals surface area contributed by atoms with Crippen LogP contribution in [0.3, 0.4) is 0 Å². The van der Waals surface area contributed by atoms with E-state index in [1.54, 1.807) is 0 Å². The molecule has 0 radical (unpaired) electrons. The molecule has 112 valence electrons. The highest BCUT2D eigenvalue weighted by Crippen LogP contribution is 2.25. The molecule has 0 aliphatic rings.